The Morgan fingerprint density at radius 3 is 2.76 bits per heavy atom. The van der Waals surface area contributed by atoms with Crippen LogP contribution in [-0.4, -0.2) is 7.11 Å². The SMILES string of the molecule is COc1ccc(NCc2ccc(Br)s2)cc1Cl. The minimum absolute atomic E-state index is 0.616. The molecule has 0 spiro atoms. The topological polar surface area (TPSA) is 21.3 Å². The van der Waals surface area contributed by atoms with Gasteiger partial charge in [0, 0.05) is 17.1 Å². The van der Waals surface area contributed by atoms with Crippen molar-refractivity contribution >= 4 is 44.6 Å². The van der Waals surface area contributed by atoms with Crippen LogP contribution in [0.2, 0.25) is 5.02 Å². The van der Waals surface area contributed by atoms with Crippen LogP contribution < -0.4 is 10.1 Å². The van der Waals surface area contributed by atoms with Crippen molar-refractivity contribution in [3.05, 3.63) is 44.0 Å². The summed E-state index contributed by atoms with van der Waals surface area (Å²) in [6.45, 7) is 0.791. The number of methoxy groups -OCH3 is 1. The summed E-state index contributed by atoms with van der Waals surface area (Å²) in [5.41, 5.74) is 0.986. The van der Waals surface area contributed by atoms with Crippen LogP contribution >= 0.6 is 38.9 Å². The summed E-state index contributed by atoms with van der Waals surface area (Å²) in [5, 5.41) is 3.93. The molecule has 17 heavy (non-hydrogen) atoms. The molecular weight excluding hydrogens is 322 g/mol. The summed E-state index contributed by atoms with van der Waals surface area (Å²) in [6, 6.07) is 9.81. The summed E-state index contributed by atoms with van der Waals surface area (Å²) in [4.78, 5) is 1.27. The Morgan fingerprint density at radius 2 is 2.18 bits per heavy atom. The van der Waals surface area contributed by atoms with Gasteiger partial charge in [-0.3, -0.25) is 0 Å². The predicted molar refractivity (Wildman–Crippen MR) is 77.3 cm³/mol. The number of rotatable bonds is 4. The monoisotopic (exact) mass is 331 g/mol. The molecule has 0 saturated heterocycles. The molecule has 2 aromatic rings. The van der Waals surface area contributed by atoms with Crippen LogP contribution in [0.25, 0.3) is 0 Å². The summed E-state index contributed by atoms with van der Waals surface area (Å²) in [5.74, 6) is 0.691. The largest absolute Gasteiger partial charge is 0.495 e. The molecule has 0 aliphatic rings. The third-order valence-corrected chi connectivity index (χ3v) is 4.17. The first-order valence-corrected chi connectivity index (χ1v) is 6.99. The molecule has 1 N–H and O–H groups in total. The lowest BCUT2D eigenvalue weighted by atomic mass is 10.3. The number of halogens is 2. The Hall–Kier alpha value is -0.710. The van der Waals surface area contributed by atoms with Gasteiger partial charge in [0.15, 0.2) is 0 Å². The second-order valence-corrected chi connectivity index (χ2v) is 6.36. The third-order valence-electron chi connectivity index (χ3n) is 2.25. The maximum Gasteiger partial charge on any atom is 0.137 e. The molecule has 0 amide bonds. The zero-order chi connectivity index (χ0) is 12.3. The van der Waals surface area contributed by atoms with Crippen molar-refractivity contribution in [1.82, 2.24) is 0 Å². The van der Waals surface area contributed by atoms with Crippen molar-refractivity contribution in [1.29, 1.82) is 0 Å². The average Bonchev–Trinajstić information content (AvgIpc) is 2.73. The van der Waals surface area contributed by atoms with E-state index in [-0.39, 0.29) is 0 Å². The first-order chi connectivity index (χ1) is 8.19. The van der Waals surface area contributed by atoms with Crippen LogP contribution in [0.4, 0.5) is 5.69 Å². The average molecular weight is 333 g/mol. The Bertz CT molecular complexity index is 515. The van der Waals surface area contributed by atoms with E-state index in [0.29, 0.717) is 10.8 Å². The van der Waals surface area contributed by atoms with Gasteiger partial charge >= 0.3 is 0 Å². The zero-order valence-corrected chi connectivity index (χ0v) is 12.3. The van der Waals surface area contributed by atoms with Crippen LogP contribution in [0.15, 0.2) is 34.1 Å². The van der Waals surface area contributed by atoms with E-state index >= 15 is 0 Å². The highest BCUT2D eigenvalue weighted by atomic mass is 79.9. The van der Waals surface area contributed by atoms with Crippen molar-refractivity contribution in [2.24, 2.45) is 0 Å². The lowest BCUT2D eigenvalue weighted by Crippen LogP contribution is -1.97. The molecule has 0 radical (unpaired) electrons. The summed E-state index contributed by atoms with van der Waals surface area (Å²) in [6.07, 6.45) is 0. The van der Waals surface area contributed by atoms with Crippen LogP contribution in [0.3, 0.4) is 0 Å². The van der Waals surface area contributed by atoms with Gasteiger partial charge in [0.2, 0.25) is 0 Å². The van der Waals surface area contributed by atoms with Gasteiger partial charge in [-0.2, -0.15) is 0 Å². The fraction of sp³-hybridized carbons (Fsp3) is 0.167. The zero-order valence-electron chi connectivity index (χ0n) is 9.17. The minimum Gasteiger partial charge on any atom is -0.495 e. The Labute approximate surface area is 118 Å². The van der Waals surface area contributed by atoms with Crippen molar-refractivity contribution in [3.8, 4) is 5.75 Å². The van der Waals surface area contributed by atoms with E-state index in [1.165, 1.54) is 4.88 Å². The normalized spacial score (nSPS) is 10.3. The van der Waals surface area contributed by atoms with Gasteiger partial charge in [-0.1, -0.05) is 11.6 Å². The van der Waals surface area contributed by atoms with E-state index < -0.39 is 0 Å². The van der Waals surface area contributed by atoms with Crippen molar-refractivity contribution in [3.63, 3.8) is 0 Å². The molecule has 1 heterocycles. The van der Waals surface area contributed by atoms with Crippen LogP contribution in [0.5, 0.6) is 5.75 Å². The van der Waals surface area contributed by atoms with E-state index in [1.54, 1.807) is 18.4 Å². The number of hydrogen-bond acceptors (Lipinski definition) is 3. The number of thiophene rings is 1. The molecule has 1 aromatic heterocycles. The first-order valence-electron chi connectivity index (χ1n) is 5.00. The van der Waals surface area contributed by atoms with Gasteiger partial charge in [0.1, 0.15) is 5.75 Å². The van der Waals surface area contributed by atoms with E-state index in [4.69, 9.17) is 16.3 Å². The lowest BCUT2D eigenvalue weighted by molar-refractivity contribution is 0.415. The maximum absolute atomic E-state index is 6.05. The number of hydrogen-bond donors (Lipinski definition) is 1. The van der Waals surface area contributed by atoms with Gasteiger partial charge in [0.05, 0.1) is 15.9 Å². The molecular formula is C12H11BrClNOS. The van der Waals surface area contributed by atoms with Gasteiger partial charge in [0.25, 0.3) is 0 Å². The number of nitrogens with one attached hydrogen (secondary N) is 1. The highest BCUT2D eigenvalue weighted by molar-refractivity contribution is 9.11. The lowest BCUT2D eigenvalue weighted by Gasteiger charge is -2.07. The summed E-state index contributed by atoms with van der Waals surface area (Å²) in [7, 11) is 1.61. The van der Waals surface area contributed by atoms with E-state index in [1.807, 2.05) is 24.3 Å². The third kappa shape index (κ3) is 3.37. The highest BCUT2D eigenvalue weighted by Crippen LogP contribution is 2.28. The maximum atomic E-state index is 6.05. The highest BCUT2D eigenvalue weighted by Gasteiger charge is 2.02. The van der Waals surface area contributed by atoms with Crippen LogP contribution in [-0.2, 0) is 6.54 Å². The quantitative estimate of drug-likeness (QED) is 0.869. The molecule has 90 valence electrons. The van der Waals surface area contributed by atoms with Crippen molar-refractivity contribution < 1.29 is 4.74 Å². The number of anilines is 1. The van der Waals surface area contributed by atoms with Gasteiger partial charge in [-0.05, 0) is 46.3 Å². The van der Waals surface area contributed by atoms with Crippen molar-refractivity contribution in [2.45, 2.75) is 6.54 Å². The van der Waals surface area contributed by atoms with Gasteiger partial charge in [-0.25, -0.2) is 0 Å². The van der Waals surface area contributed by atoms with Crippen LogP contribution in [0.1, 0.15) is 4.88 Å². The molecule has 2 nitrogen and oxygen atoms in total. The van der Waals surface area contributed by atoms with Crippen molar-refractivity contribution in [2.75, 3.05) is 12.4 Å². The molecule has 0 fully saturated rings. The second-order valence-electron chi connectivity index (χ2n) is 3.41. The van der Waals surface area contributed by atoms with E-state index in [0.717, 1.165) is 16.0 Å². The van der Waals surface area contributed by atoms with Gasteiger partial charge < -0.3 is 10.1 Å². The minimum atomic E-state index is 0.616. The molecule has 1 aromatic carbocycles. The summed E-state index contributed by atoms with van der Waals surface area (Å²) < 4.78 is 6.24. The first kappa shape index (κ1) is 12.7. The smallest absolute Gasteiger partial charge is 0.137 e. The molecule has 0 unspecified atom stereocenters. The standard InChI is InChI=1S/C12H11BrClNOS/c1-16-11-4-2-8(6-10(11)14)15-7-9-3-5-12(13)17-9/h2-6,15H,7H2,1H3. The molecule has 0 saturated carbocycles. The molecule has 0 atom stereocenters. The van der Waals surface area contributed by atoms with Crippen LogP contribution in [0, 0.1) is 0 Å². The molecule has 0 aliphatic carbocycles. The second kappa shape index (κ2) is 5.76. The number of benzene rings is 1. The molecule has 5 heteroatoms. The predicted octanol–water partition coefficient (Wildman–Crippen LogP) is 4.78. The molecule has 2 rings (SSSR count). The van der Waals surface area contributed by atoms with E-state index in [9.17, 15) is 0 Å². The van der Waals surface area contributed by atoms with E-state index in [2.05, 4.69) is 27.3 Å². The fourth-order valence-electron chi connectivity index (χ4n) is 1.41. The molecule has 0 aliphatic heterocycles. The Kier molecular flexibility index (Phi) is 4.31. The Balaban J connectivity index is 2.02. The van der Waals surface area contributed by atoms with Gasteiger partial charge in [-0.15, -0.1) is 11.3 Å². The fourth-order valence-corrected chi connectivity index (χ4v) is 3.09. The summed E-state index contributed by atoms with van der Waals surface area (Å²) >= 11 is 11.2. The molecule has 0 bridgehead atoms. The number of ether oxygens (including phenoxy) is 1. The Morgan fingerprint density at radius 1 is 1.35 bits per heavy atom.